The lowest BCUT2D eigenvalue weighted by Gasteiger charge is -2.60. The van der Waals surface area contributed by atoms with Crippen LogP contribution >= 0.6 is 0 Å². The normalized spacial score (nSPS) is 37.2. The van der Waals surface area contributed by atoms with Gasteiger partial charge in [0.2, 0.25) is 0 Å². The zero-order valence-corrected chi connectivity index (χ0v) is 27.9. The number of hydrogen-bond acceptors (Lipinski definition) is 3. The summed E-state index contributed by atoms with van der Waals surface area (Å²) >= 11 is 0. The van der Waals surface area contributed by atoms with E-state index in [0.29, 0.717) is 30.1 Å². The first-order chi connectivity index (χ1) is 19.6. The van der Waals surface area contributed by atoms with Crippen LogP contribution in [0.1, 0.15) is 164 Å². The topological polar surface area (TPSA) is 46.5 Å². The van der Waals surface area contributed by atoms with Gasteiger partial charge in [0.25, 0.3) is 0 Å². The summed E-state index contributed by atoms with van der Waals surface area (Å²) in [6.07, 6.45) is 24.3. The molecule has 0 amide bonds. The van der Waals surface area contributed by atoms with E-state index in [1.165, 1.54) is 89.0 Å². The van der Waals surface area contributed by atoms with Gasteiger partial charge >= 0.3 is 5.97 Å². The quantitative estimate of drug-likeness (QED) is 0.121. The first-order valence-electron chi connectivity index (χ1n) is 18.2. The molecule has 0 aromatic carbocycles. The minimum absolute atomic E-state index is 0.0328. The number of carbonyl (C=O) groups is 1. The number of carbonyl (C=O) groups excluding carboxylic acids is 1. The molecule has 236 valence electrons. The molecule has 3 nitrogen and oxygen atoms in total. The minimum Gasteiger partial charge on any atom is -0.461 e. The van der Waals surface area contributed by atoms with Crippen LogP contribution in [0, 0.1) is 46.3 Å². The maximum absolute atomic E-state index is 13.1. The number of hydrogen-bond donors (Lipinski definition) is 1. The average molecular weight is 571 g/mol. The maximum atomic E-state index is 13.1. The van der Waals surface area contributed by atoms with E-state index in [1.807, 2.05) is 0 Å². The molecule has 0 aliphatic heterocycles. The summed E-state index contributed by atoms with van der Waals surface area (Å²) in [5.41, 5.74) is 1.73. The van der Waals surface area contributed by atoms with Crippen molar-refractivity contribution in [2.24, 2.45) is 46.3 Å². The Morgan fingerprint density at radius 2 is 1.66 bits per heavy atom. The molecular formula is C38H66O3. The first kappa shape index (κ1) is 33.1. The molecule has 3 saturated carbocycles. The van der Waals surface area contributed by atoms with Crippen LogP contribution in [-0.2, 0) is 9.53 Å². The Balaban J connectivity index is 1.38. The Morgan fingerprint density at radius 3 is 2.37 bits per heavy atom. The zero-order chi connectivity index (χ0) is 29.6. The van der Waals surface area contributed by atoms with Crippen LogP contribution in [0.2, 0.25) is 0 Å². The van der Waals surface area contributed by atoms with Crippen LogP contribution < -0.4 is 0 Å². The van der Waals surface area contributed by atoms with Gasteiger partial charge in [0.15, 0.2) is 0 Å². The van der Waals surface area contributed by atoms with Crippen molar-refractivity contribution in [1.29, 1.82) is 0 Å². The summed E-state index contributed by atoms with van der Waals surface area (Å²) in [6.45, 7) is 14.6. The minimum atomic E-state index is -0.386. The third kappa shape index (κ3) is 7.46. The van der Waals surface area contributed by atoms with E-state index in [4.69, 9.17) is 4.74 Å². The van der Waals surface area contributed by atoms with Crippen LogP contribution in [0.25, 0.3) is 0 Å². The summed E-state index contributed by atoms with van der Waals surface area (Å²) in [5, 5.41) is 10.8. The molecule has 0 heterocycles. The number of unbranched alkanes of at least 4 members (excludes halogenated alkanes) is 7. The van der Waals surface area contributed by atoms with Gasteiger partial charge in [-0.1, -0.05) is 117 Å². The van der Waals surface area contributed by atoms with Gasteiger partial charge in [-0.05, 0) is 85.9 Å². The molecule has 3 heteroatoms. The van der Waals surface area contributed by atoms with Gasteiger partial charge in [0.05, 0.1) is 6.10 Å². The van der Waals surface area contributed by atoms with Gasteiger partial charge in [0.1, 0.15) is 6.10 Å². The predicted octanol–water partition coefficient (Wildman–Crippen LogP) is 10.4. The molecule has 0 aromatic rings. The molecule has 1 unspecified atom stereocenters. The van der Waals surface area contributed by atoms with Gasteiger partial charge in [-0.15, -0.1) is 0 Å². The standard InChI is InChI=1S/C38H66O3/c1-7-8-9-10-11-12-13-14-18-36(40)41-35-26-30(39)25-29-19-20-31-33-22-21-32(28(4)17-15-16-27(2)3)37(33,5)24-23-34(31)38(29,35)6/h19,27-28,30-35,39H,7-18,20-26H2,1-6H3/t28-,30-,31+,32-,33+,34+,35?,37-,38+/m1/s1. The van der Waals surface area contributed by atoms with Gasteiger partial charge in [-0.2, -0.15) is 0 Å². The number of aliphatic hydroxyl groups excluding tert-OH is 1. The van der Waals surface area contributed by atoms with Gasteiger partial charge in [-0.3, -0.25) is 4.79 Å². The second kappa shape index (κ2) is 14.8. The van der Waals surface area contributed by atoms with Gasteiger partial charge in [-0.25, -0.2) is 0 Å². The highest BCUT2D eigenvalue weighted by molar-refractivity contribution is 5.69. The van der Waals surface area contributed by atoms with E-state index in [0.717, 1.165) is 49.4 Å². The molecule has 4 rings (SSSR count). The summed E-state index contributed by atoms with van der Waals surface area (Å²) in [5.74, 6) is 4.50. The third-order valence-corrected chi connectivity index (χ3v) is 12.9. The molecule has 0 saturated heterocycles. The Bertz CT molecular complexity index is 862. The highest BCUT2D eigenvalue weighted by Gasteiger charge is 2.61. The first-order valence-corrected chi connectivity index (χ1v) is 18.2. The Labute approximate surface area is 254 Å². The summed E-state index contributed by atoms with van der Waals surface area (Å²) < 4.78 is 6.36. The molecule has 0 radical (unpaired) electrons. The van der Waals surface area contributed by atoms with E-state index >= 15 is 0 Å². The Kier molecular flexibility index (Phi) is 11.9. The van der Waals surface area contributed by atoms with Gasteiger partial charge < -0.3 is 9.84 Å². The molecule has 3 fully saturated rings. The Morgan fingerprint density at radius 1 is 0.951 bits per heavy atom. The predicted molar refractivity (Wildman–Crippen MR) is 172 cm³/mol. The molecule has 4 aliphatic rings. The second-order valence-electron chi connectivity index (χ2n) is 16.0. The van der Waals surface area contributed by atoms with Crippen molar-refractivity contribution in [3.8, 4) is 0 Å². The third-order valence-electron chi connectivity index (χ3n) is 12.9. The lowest BCUT2D eigenvalue weighted by atomic mass is 9.46. The van der Waals surface area contributed by atoms with E-state index < -0.39 is 0 Å². The smallest absolute Gasteiger partial charge is 0.306 e. The highest BCUT2D eigenvalue weighted by Crippen LogP contribution is 2.67. The molecule has 1 N–H and O–H groups in total. The monoisotopic (exact) mass is 571 g/mol. The maximum Gasteiger partial charge on any atom is 0.306 e. The van der Waals surface area contributed by atoms with Crippen molar-refractivity contribution in [2.75, 3.05) is 0 Å². The van der Waals surface area contributed by atoms with Gasteiger partial charge in [0, 0.05) is 18.3 Å². The van der Waals surface area contributed by atoms with Crippen LogP contribution in [0.3, 0.4) is 0 Å². The molecule has 0 aromatic heterocycles. The number of esters is 1. The number of rotatable bonds is 15. The second-order valence-corrected chi connectivity index (χ2v) is 16.0. The lowest BCUT2D eigenvalue weighted by Crippen LogP contribution is -2.56. The van der Waals surface area contributed by atoms with Crippen LogP contribution in [0.4, 0.5) is 0 Å². The largest absolute Gasteiger partial charge is 0.461 e. The van der Waals surface area contributed by atoms with Crippen molar-refractivity contribution < 1.29 is 14.6 Å². The van der Waals surface area contributed by atoms with Crippen molar-refractivity contribution in [1.82, 2.24) is 0 Å². The summed E-state index contributed by atoms with van der Waals surface area (Å²) in [6, 6.07) is 0. The fourth-order valence-electron chi connectivity index (χ4n) is 10.5. The van der Waals surface area contributed by atoms with Crippen LogP contribution in [0.5, 0.6) is 0 Å². The zero-order valence-electron chi connectivity index (χ0n) is 27.9. The fraction of sp³-hybridized carbons (Fsp3) is 0.921. The Hall–Kier alpha value is -0.830. The number of aliphatic hydroxyl groups is 1. The molecule has 0 spiro atoms. The molecule has 4 aliphatic carbocycles. The van der Waals surface area contributed by atoms with Crippen molar-refractivity contribution in [3.63, 3.8) is 0 Å². The van der Waals surface area contributed by atoms with E-state index in [-0.39, 0.29) is 23.6 Å². The number of fused-ring (bicyclic) bond motifs is 5. The average Bonchev–Trinajstić information content (AvgIpc) is 3.28. The van der Waals surface area contributed by atoms with E-state index in [1.54, 1.807) is 0 Å². The van der Waals surface area contributed by atoms with Crippen molar-refractivity contribution >= 4 is 5.97 Å². The fourth-order valence-corrected chi connectivity index (χ4v) is 10.5. The summed E-state index contributed by atoms with van der Waals surface area (Å²) in [4.78, 5) is 13.1. The summed E-state index contributed by atoms with van der Waals surface area (Å²) in [7, 11) is 0. The van der Waals surface area contributed by atoms with Crippen LogP contribution in [-0.4, -0.2) is 23.3 Å². The molecule has 41 heavy (non-hydrogen) atoms. The number of ether oxygens (including phenoxy) is 1. The van der Waals surface area contributed by atoms with Crippen molar-refractivity contribution in [3.05, 3.63) is 11.6 Å². The van der Waals surface area contributed by atoms with E-state index in [9.17, 15) is 9.90 Å². The molecule has 0 bridgehead atoms. The van der Waals surface area contributed by atoms with E-state index in [2.05, 4.69) is 47.6 Å². The molecule has 9 atom stereocenters. The van der Waals surface area contributed by atoms with Crippen molar-refractivity contribution in [2.45, 2.75) is 176 Å². The van der Waals surface area contributed by atoms with Crippen LogP contribution in [0.15, 0.2) is 11.6 Å². The highest BCUT2D eigenvalue weighted by atomic mass is 16.5. The lowest BCUT2D eigenvalue weighted by molar-refractivity contribution is -0.169. The molecular weight excluding hydrogens is 504 g/mol. The SMILES string of the molecule is CCCCCCCCCCC(=O)OC1C[C@H](O)CC2=CC[C@H]3[C@@H]4CC[C@H]([C@H](C)CCCC(C)C)[C@@]4(C)CC[C@@H]3[C@]21C. The number of allylic oxidation sites excluding steroid dienone is 1.